The number of carbonyl (C=O) groups excluding carboxylic acids is 1. The lowest BCUT2D eigenvalue weighted by Gasteiger charge is -2.31. The molecule has 158 valence electrons. The molecule has 2 aromatic rings. The number of amides is 1. The number of benzene rings is 2. The molecule has 3 rings (SSSR count). The maximum atomic E-state index is 14.0. The Kier molecular flexibility index (Phi) is 6.41. The number of allylic oxidation sites excluding steroid dienone is 1. The highest BCUT2D eigenvalue weighted by Gasteiger charge is 2.31. The number of para-hydroxylation sites is 1. The molecule has 0 fully saturated rings. The molecule has 9 heteroatoms. The van der Waals surface area contributed by atoms with E-state index in [9.17, 15) is 9.18 Å². The third-order valence-corrected chi connectivity index (χ3v) is 4.88. The highest BCUT2D eigenvalue weighted by molar-refractivity contribution is 7.80. The smallest absolute Gasteiger partial charge is 0.255 e. The molecule has 30 heavy (non-hydrogen) atoms. The first-order chi connectivity index (χ1) is 14.4. The summed E-state index contributed by atoms with van der Waals surface area (Å²) in [4.78, 5) is 13.1. The van der Waals surface area contributed by atoms with Gasteiger partial charge in [-0.25, -0.2) is 4.39 Å². The monoisotopic (exact) mass is 431 g/mol. The number of halogens is 1. The molecule has 0 radical (unpaired) electrons. The van der Waals surface area contributed by atoms with E-state index in [0.29, 0.717) is 39.2 Å². The van der Waals surface area contributed by atoms with Crippen molar-refractivity contribution in [3.05, 3.63) is 59.0 Å². The van der Waals surface area contributed by atoms with Crippen LogP contribution in [0.5, 0.6) is 17.2 Å². The topological polar surface area (TPSA) is 80.9 Å². The molecule has 3 N–H and O–H groups in total. The molecule has 0 aromatic heterocycles. The number of anilines is 1. The summed E-state index contributed by atoms with van der Waals surface area (Å²) < 4.78 is 30.3. The second-order valence-electron chi connectivity index (χ2n) is 6.46. The van der Waals surface area contributed by atoms with Crippen LogP contribution in [0.15, 0.2) is 47.7 Å². The van der Waals surface area contributed by atoms with E-state index in [2.05, 4.69) is 16.0 Å². The number of methoxy groups -OCH3 is 3. The molecule has 0 saturated carbocycles. The van der Waals surface area contributed by atoms with Crippen LogP contribution in [0.3, 0.4) is 0 Å². The van der Waals surface area contributed by atoms with Crippen LogP contribution in [0.25, 0.3) is 0 Å². The highest BCUT2D eigenvalue weighted by atomic mass is 32.1. The first kappa shape index (κ1) is 21.4. The molecule has 1 aliphatic rings. The Balaban J connectivity index is 2.06. The molecule has 1 amide bonds. The quantitative estimate of drug-likeness (QED) is 0.606. The van der Waals surface area contributed by atoms with Crippen molar-refractivity contribution in [2.24, 2.45) is 0 Å². The molecular formula is C21H22FN3O4S. The van der Waals surface area contributed by atoms with Crippen LogP contribution in [0.4, 0.5) is 10.1 Å². The summed E-state index contributed by atoms with van der Waals surface area (Å²) in [5.74, 6) is 0.298. The number of hydrogen-bond donors (Lipinski definition) is 3. The van der Waals surface area contributed by atoms with E-state index >= 15 is 0 Å². The molecule has 0 spiro atoms. The predicted octanol–water partition coefficient (Wildman–Crippen LogP) is 3.28. The minimum absolute atomic E-state index is 0.0830. The Bertz CT molecular complexity index is 1000. The fourth-order valence-electron chi connectivity index (χ4n) is 3.27. The summed E-state index contributed by atoms with van der Waals surface area (Å²) in [5, 5.41) is 9.02. The summed E-state index contributed by atoms with van der Waals surface area (Å²) in [5.41, 5.74) is 1.64. The van der Waals surface area contributed by atoms with Gasteiger partial charge in [-0.15, -0.1) is 0 Å². The summed E-state index contributed by atoms with van der Waals surface area (Å²) in [6.07, 6.45) is 0. The number of carbonyl (C=O) groups is 1. The standard InChI is InChI=1S/C21H22FN3O4S/c1-11-17(20(26)24-14-8-6-5-7-13(14)22)18(25-21(30)23-11)12-9-15(27-2)19(29-4)16(10-12)28-3/h5-10,18H,1-4H3,(H,24,26)(H2,23,25,30). The van der Waals surface area contributed by atoms with Gasteiger partial charge in [0, 0.05) is 5.70 Å². The van der Waals surface area contributed by atoms with Crippen molar-refractivity contribution < 1.29 is 23.4 Å². The van der Waals surface area contributed by atoms with Crippen molar-refractivity contribution in [3.8, 4) is 17.2 Å². The van der Waals surface area contributed by atoms with E-state index in [4.69, 9.17) is 26.4 Å². The molecule has 2 aromatic carbocycles. The number of nitrogens with one attached hydrogen (secondary N) is 3. The van der Waals surface area contributed by atoms with Gasteiger partial charge in [-0.3, -0.25) is 4.79 Å². The molecule has 1 atom stereocenters. The van der Waals surface area contributed by atoms with E-state index in [1.54, 1.807) is 31.2 Å². The van der Waals surface area contributed by atoms with Crippen molar-refractivity contribution in [1.29, 1.82) is 0 Å². The van der Waals surface area contributed by atoms with Crippen molar-refractivity contribution in [1.82, 2.24) is 10.6 Å². The lowest BCUT2D eigenvalue weighted by molar-refractivity contribution is -0.113. The van der Waals surface area contributed by atoms with Crippen LogP contribution >= 0.6 is 12.2 Å². The zero-order valence-corrected chi connectivity index (χ0v) is 17.8. The first-order valence-electron chi connectivity index (χ1n) is 9.03. The highest BCUT2D eigenvalue weighted by Crippen LogP contribution is 2.41. The van der Waals surface area contributed by atoms with Crippen LogP contribution < -0.4 is 30.2 Å². The molecule has 1 heterocycles. The average Bonchev–Trinajstić information content (AvgIpc) is 2.73. The summed E-state index contributed by atoms with van der Waals surface area (Å²) in [6, 6.07) is 8.80. The minimum atomic E-state index is -0.626. The maximum absolute atomic E-state index is 14.0. The number of rotatable bonds is 6. The van der Waals surface area contributed by atoms with E-state index in [1.807, 2.05) is 0 Å². The summed E-state index contributed by atoms with van der Waals surface area (Å²) >= 11 is 5.29. The van der Waals surface area contributed by atoms with E-state index < -0.39 is 17.8 Å². The zero-order chi connectivity index (χ0) is 21.8. The normalized spacial score (nSPS) is 15.8. The minimum Gasteiger partial charge on any atom is -0.493 e. The van der Waals surface area contributed by atoms with Crippen molar-refractivity contribution in [3.63, 3.8) is 0 Å². The van der Waals surface area contributed by atoms with E-state index in [1.165, 1.54) is 33.5 Å². The van der Waals surface area contributed by atoms with Gasteiger partial charge in [0.05, 0.1) is 38.6 Å². The molecule has 7 nitrogen and oxygen atoms in total. The van der Waals surface area contributed by atoms with Crippen molar-refractivity contribution in [2.45, 2.75) is 13.0 Å². The molecule has 1 aliphatic heterocycles. The fraction of sp³-hybridized carbons (Fsp3) is 0.238. The predicted molar refractivity (Wildman–Crippen MR) is 115 cm³/mol. The number of hydrogen-bond acceptors (Lipinski definition) is 5. The van der Waals surface area contributed by atoms with Crippen LogP contribution in [0.2, 0.25) is 0 Å². The number of ether oxygens (including phenoxy) is 3. The molecule has 0 saturated heterocycles. The third kappa shape index (κ3) is 4.16. The fourth-order valence-corrected chi connectivity index (χ4v) is 3.54. The lowest BCUT2D eigenvalue weighted by atomic mass is 9.94. The lowest BCUT2D eigenvalue weighted by Crippen LogP contribution is -2.45. The Labute approximate surface area is 179 Å². The second kappa shape index (κ2) is 9.00. The third-order valence-electron chi connectivity index (χ3n) is 4.66. The van der Waals surface area contributed by atoms with Gasteiger partial charge in [0.2, 0.25) is 5.75 Å². The van der Waals surface area contributed by atoms with Gasteiger partial charge < -0.3 is 30.2 Å². The largest absolute Gasteiger partial charge is 0.493 e. The van der Waals surface area contributed by atoms with Gasteiger partial charge >= 0.3 is 0 Å². The SMILES string of the molecule is COc1cc(C2NC(=S)NC(C)=C2C(=O)Nc2ccccc2F)cc(OC)c1OC. The van der Waals surface area contributed by atoms with Gasteiger partial charge in [-0.1, -0.05) is 12.1 Å². The van der Waals surface area contributed by atoms with Gasteiger partial charge in [-0.05, 0) is 49.0 Å². The Hall–Kier alpha value is -3.33. The summed E-state index contributed by atoms with van der Waals surface area (Å²) in [7, 11) is 4.53. The van der Waals surface area contributed by atoms with Crippen molar-refractivity contribution in [2.75, 3.05) is 26.6 Å². The van der Waals surface area contributed by atoms with Crippen LogP contribution in [0.1, 0.15) is 18.5 Å². The molecular weight excluding hydrogens is 409 g/mol. The average molecular weight is 431 g/mol. The van der Waals surface area contributed by atoms with Crippen LogP contribution in [0, 0.1) is 5.82 Å². The van der Waals surface area contributed by atoms with Gasteiger partial charge in [0.25, 0.3) is 5.91 Å². The van der Waals surface area contributed by atoms with Crippen molar-refractivity contribution >= 4 is 28.9 Å². The number of thiocarbonyl (C=S) groups is 1. The Morgan fingerprint density at radius 3 is 2.30 bits per heavy atom. The molecule has 1 unspecified atom stereocenters. The maximum Gasteiger partial charge on any atom is 0.255 e. The molecule has 0 aliphatic carbocycles. The Morgan fingerprint density at radius 2 is 1.73 bits per heavy atom. The molecule has 0 bridgehead atoms. The first-order valence-corrected chi connectivity index (χ1v) is 9.44. The van der Waals surface area contributed by atoms with Crippen LogP contribution in [-0.4, -0.2) is 32.3 Å². The van der Waals surface area contributed by atoms with E-state index in [-0.39, 0.29) is 5.69 Å². The van der Waals surface area contributed by atoms with Gasteiger partial charge in [0.15, 0.2) is 16.6 Å². The van der Waals surface area contributed by atoms with E-state index in [0.717, 1.165) is 0 Å². The van der Waals surface area contributed by atoms with Gasteiger partial charge in [-0.2, -0.15) is 0 Å². The second-order valence-corrected chi connectivity index (χ2v) is 6.87. The summed E-state index contributed by atoms with van der Waals surface area (Å²) in [6.45, 7) is 1.73. The Morgan fingerprint density at radius 1 is 1.10 bits per heavy atom. The van der Waals surface area contributed by atoms with Gasteiger partial charge in [0.1, 0.15) is 5.82 Å². The van der Waals surface area contributed by atoms with Crippen LogP contribution in [-0.2, 0) is 4.79 Å². The zero-order valence-electron chi connectivity index (χ0n) is 17.0.